The fraction of sp³-hybridized carbons (Fsp3) is 0.300. The van der Waals surface area contributed by atoms with E-state index in [1.807, 2.05) is 26.2 Å². The number of rotatable bonds is 5. The maximum absolute atomic E-state index is 13.0. The molecule has 1 heterocycles. The topological polar surface area (TPSA) is 62.5 Å². The van der Waals surface area contributed by atoms with Crippen LogP contribution in [0.2, 0.25) is 0 Å². The highest BCUT2D eigenvalue weighted by atomic mass is 32.2. The van der Waals surface area contributed by atoms with Gasteiger partial charge in [-0.2, -0.15) is 0 Å². The van der Waals surface area contributed by atoms with Gasteiger partial charge in [-0.3, -0.25) is 0 Å². The van der Waals surface area contributed by atoms with Crippen molar-refractivity contribution in [2.75, 3.05) is 20.7 Å². The Morgan fingerprint density at radius 2 is 1.81 bits per heavy atom. The number of benzene rings is 2. The molecule has 0 saturated heterocycles. The molecule has 0 bridgehead atoms. The van der Waals surface area contributed by atoms with Crippen molar-refractivity contribution in [2.24, 2.45) is 0 Å². The highest BCUT2D eigenvalue weighted by Crippen LogP contribution is 2.51. The van der Waals surface area contributed by atoms with Crippen LogP contribution in [0.3, 0.4) is 0 Å². The largest absolute Gasteiger partial charge is 0.396 e. The van der Waals surface area contributed by atoms with Crippen LogP contribution >= 0.6 is 0 Å². The smallest absolute Gasteiger partial charge is 0.268 e. The standard InChI is InChI=1S/C20H22N2O3S/c1-21(2)20-16(9-11-23)17-13-19-14(12-18(17)20)8-10-22(19)26(24,25)15-6-4-3-5-7-15/h3-8,10,12-13,16,20,23H,9,11H2,1-2H3/t16-,20-/m1/s1. The first kappa shape index (κ1) is 17.3. The number of likely N-dealkylation sites (N-methyl/N-ethyl adjacent to an activating group) is 1. The van der Waals surface area contributed by atoms with Crippen LogP contribution in [-0.4, -0.2) is 43.1 Å². The summed E-state index contributed by atoms with van der Waals surface area (Å²) in [5, 5.41) is 10.3. The molecule has 0 unspecified atom stereocenters. The average molecular weight is 370 g/mol. The monoisotopic (exact) mass is 370 g/mol. The summed E-state index contributed by atoms with van der Waals surface area (Å²) in [7, 11) is 0.439. The molecule has 3 aromatic rings. The number of nitrogens with zero attached hydrogens (tertiary/aromatic N) is 2. The lowest BCUT2D eigenvalue weighted by atomic mass is 9.70. The molecule has 5 nitrogen and oxygen atoms in total. The van der Waals surface area contributed by atoms with Crippen LogP contribution in [0.4, 0.5) is 0 Å². The minimum atomic E-state index is -3.63. The molecule has 0 spiro atoms. The fourth-order valence-corrected chi connectivity index (χ4v) is 5.43. The summed E-state index contributed by atoms with van der Waals surface area (Å²) >= 11 is 0. The normalized spacial score (nSPS) is 19.5. The first-order valence-corrected chi connectivity index (χ1v) is 10.1. The van der Waals surface area contributed by atoms with Crippen LogP contribution in [0.1, 0.15) is 29.5 Å². The molecule has 0 aliphatic heterocycles. The van der Waals surface area contributed by atoms with Gasteiger partial charge in [-0.05, 0) is 62.0 Å². The van der Waals surface area contributed by atoms with Gasteiger partial charge in [0.2, 0.25) is 0 Å². The molecule has 0 fully saturated rings. The average Bonchev–Trinajstić information content (AvgIpc) is 3.04. The Hall–Kier alpha value is -2.15. The number of fused-ring (bicyclic) bond motifs is 2. The van der Waals surface area contributed by atoms with Crippen molar-refractivity contribution in [3.05, 3.63) is 65.9 Å². The highest BCUT2D eigenvalue weighted by Gasteiger charge is 2.39. The van der Waals surface area contributed by atoms with Crippen molar-refractivity contribution in [3.63, 3.8) is 0 Å². The maximum Gasteiger partial charge on any atom is 0.268 e. The molecule has 136 valence electrons. The van der Waals surface area contributed by atoms with Gasteiger partial charge in [0.05, 0.1) is 10.4 Å². The lowest BCUT2D eigenvalue weighted by Crippen LogP contribution is -2.35. The molecule has 1 aromatic heterocycles. The van der Waals surface area contributed by atoms with Crippen LogP contribution < -0.4 is 0 Å². The van der Waals surface area contributed by atoms with Crippen molar-refractivity contribution in [1.82, 2.24) is 8.87 Å². The minimum Gasteiger partial charge on any atom is -0.396 e. The summed E-state index contributed by atoms with van der Waals surface area (Å²) in [4.78, 5) is 2.44. The van der Waals surface area contributed by atoms with E-state index >= 15 is 0 Å². The van der Waals surface area contributed by atoms with Gasteiger partial charge in [-0.1, -0.05) is 18.2 Å². The number of aliphatic hydroxyl groups is 1. The van der Waals surface area contributed by atoms with Gasteiger partial charge in [0.1, 0.15) is 0 Å². The molecule has 4 rings (SSSR count). The van der Waals surface area contributed by atoms with Crippen molar-refractivity contribution in [1.29, 1.82) is 0 Å². The summed E-state index contributed by atoms with van der Waals surface area (Å²) < 4.78 is 27.4. The zero-order chi connectivity index (χ0) is 18.5. The second-order valence-corrected chi connectivity index (χ2v) is 8.81. The van der Waals surface area contributed by atoms with Crippen LogP contribution in [-0.2, 0) is 10.0 Å². The number of aromatic nitrogens is 1. The van der Waals surface area contributed by atoms with E-state index in [0.717, 1.165) is 10.9 Å². The predicted molar refractivity (Wildman–Crippen MR) is 102 cm³/mol. The van der Waals surface area contributed by atoms with Crippen LogP contribution in [0.25, 0.3) is 10.9 Å². The number of hydrogen-bond donors (Lipinski definition) is 1. The third kappa shape index (κ3) is 2.48. The van der Waals surface area contributed by atoms with Gasteiger partial charge >= 0.3 is 0 Å². The molecule has 26 heavy (non-hydrogen) atoms. The minimum absolute atomic E-state index is 0.121. The number of aliphatic hydroxyl groups excluding tert-OH is 1. The Kier molecular flexibility index (Phi) is 4.14. The van der Waals surface area contributed by atoms with Gasteiger partial charge in [0, 0.05) is 30.1 Å². The molecular formula is C20H22N2O3S. The molecule has 0 amide bonds. The number of hydrogen-bond acceptors (Lipinski definition) is 4. The SMILES string of the molecule is CN(C)[C@H]1c2cc3ccn(S(=O)(=O)c4ccccc4)c3cc2[C@H]1CCO. The van der Waals surface area contributed by atoms with Gasteiger partial charge in [-0.15, -0.1) is 0 Å². The summed E-state index contributed by atoms with van der Waals surface area (Å²) in [5.74, 6) is 0.220. The van der Waals surface area contributed by atoms with Gasteiger partial charge < -0.3 is 10.0 Å². The van der Waals surface area contributed by atoms with E-state index in [1.165, 1.54) is 9.54 Å². The van der Waals surface area contributed by atoms with Gasteiger partial charge in [0.25, 0.3) is 10.0 Å². The zero-order valence-electron chi connectivity index (χ0n) is 14.8. The Balaban J connectivity index is 1.86. The lowest BCUT2D eigenvalue weighted by molar-refractivity contribution is 0.184. The van der Waals surface area contributed by atoms with E-state index in [2.05, 4.69) is 11.0 Å². The molecule has 1 aliphatic rings. The van der Waals surface area contributed by atoms with Crippen molar-refractivity contribution in [2.45, 2.75) is 23.3 Å². The fourth-order valence-electron chi connectivity index (χ4n) is 4.07. The predicted octanol–water partition coefficient (Wildman–Crippen LogP) is 2.96. The molecule has 2 aromatic carbocycles. The third-order valence-corrected chi connectivity index (χ3v) is 6.96. The van der Waals surface area contributed by atoms with Crippen LogP contribution in [0, 0.1) is 0 Å². The Labute approximate surface area is 153 Å². The van der Waals surface area contributed by atoms with Crippen molar-refractivity contribution >= 4 is 20.9 Å². The summed E-state index contributed by atoms with van der Waals surface area (Å²) in [5.41, 5.74) is 3.04. The quantitative estimate of drug-likeness (QED) is 0.750. The molecule has 1 N–H and O–H groups in total. The molecule has 1 aliphatic carbocycles. The molecule has 2 atom stereocenters. The van der Waals surface area contributed by atoms with E-state index in [-0.39, 0.29) is 23.5 Å². The highest BCUT2D eigenvalue weighted by molar-refractivity contribution is 7.90. The first-order valence-electron chi connectivity index (χ1n) is 8.68. The third-order valence-electron chi connectivity index (χ3n) is 5.25. The maximum atomic E-state index is 13.0. The molecular weight excluding hydrogens is 348 g/mol. The van der Waals surface area contributed by atoms with E-state index in [0.29, 0.717) is 11.9 Å². The van der Waals surface area contributed by atoms with E-state index in [1.54, 1.807) is 36.5 Å². The Morgan fingerprint density at radius 3 is 2.46 bits per heavy atom. The van der Waals surface area contributed by atoms with E-state index in [4.69, 9.17) is 0 Å². The summed E-state index contributed by atoms with van der Waals surface area (Å²) in [6.07, 6.45) is 2.30. The van der Waals surface area contributed by atoms with Gasteiger partial charge in [-0.25, -0.2) is 12.4 Å². The Morgan fingerprint density at radius 1 is 1.08 bits per heavy atom. The molecule has 0 saturated carbocycles. The molecule has 0 radical (unpaired) electrons. The van der Waals surface area contributed by atoms with Crippen molar-refractivity contribution in [3.8, 4) is 0 Å². The summed E-state index contributed by atoms with van der Waals surface area (Å²) in [6.45, 7) is 0.121. The summed E-state index contributed by atoms with van der Waals surface area (Å²) in [6, 6.07) is 14.6. The first-order chi connectivity index (χ1) is 12.4. The molecule has 6 heteroatoms. The second kappa shape index (κ2) is 6.23. The lowest BCUT2D eigenvalue weighted by Gasteiger charge is -2.43. The second-order valence-electron chi connectivity index (χ2n) is 7.00. The van der Waals surface area contributed by atoms with Crippen LogP contribution in [0.15, 0.2) is 59.6 Å². The van der Waals surface area contributed by atoms with Crippen molar-refractivity contribution < 1.29 is 13.5 Å². The van der Waals surface area contributed by atoms with E-state index in [9.17, 15) is 13.5 Å². The van der Waals surface area contributed by atoms with Gasteiger partial charge in [0.15, 0.2) is 0 Å². The Bertz CT molecular complexity index is 1060. The van der Waals surface area contributed by atoms with E-state index < -0.39 is 10.0 Å². The zero-order valence-corrected chi connectivity index (χ0v) is 15.6. The van der Waals surface area contributed by atoms with Crippen LogP contribution in [0.5, 0.6) is 0 Å².